The van der Waals surface area contributed by atoms with Gasteiger partial charge in [-0.2, -0.15) is 0 Å². The molecule has 2 N–H and O–H groups in total. The van der Waals surface area contributed by atoms with E-state index in [0.717, 1.165) is 16.7 Å². The van der Waals surface area contributed by atoms with Crippen LogP contribution in [0.4, 0.5) is 0 Å². The Morgan fingerprint density at radius 1 is 1.05 bits per heavy atom. The second-order valence-electron chi connectivity index (χ2n) is 5.13. The van der Waals surface area contributed by atoms with Crippen LogP contribution in [0.1, 0.15) is 32.6 Å². The Hall–Kier alpha value is -2.29. The molecular formula is C17H19NO2. The number of phenols is 1. The molecule has 20 heavy (non-hydrogen) atoms. The zero-order chi connectivity index (χ0) is 14.7. The van der Waals surface area contributed by atoms with Crippen LogP contribution in [0, 0.1) is 20.8 Å². The third-order valence-corrected chi connectivity index (χ3v) is 3.33. The quantitative estimate of drug-likeness (QED) is 0.898. The van der Waals surface area contributed by atoms with Crippen molar-refractivity contribution in [3.8, 4) is 5.75 Å². The van der Waals surface area contributed by atoms with Gasteiger partial charge in [0.2, 0.25) is 0 Å². The van der Waals surface area contributed by atoms with Crippen LogP contribution in [0.3, 0.4) is 0 Å². The first-order chi connectivity index (χ1) is 9.47. The van der Waals surface area contributed by atoms with E-state index in [-0.39, 0.29) is 11.7 Å². The molecule has 104 valence electrons. The average molecular weight is 269 g/mol. The number of hydrogen-bond acceptors (Lipinski definition) is 2. The number of aryl methyl sites for hydroxylation is 3. The van der Waals surface area contributed by atoms with Gasteiger partial charge in [0.1, 0.15) is 5.75 Å². The van der Waals surface area contributed by atoms with Gasteiger partial charge >= 0.3 is 0 Å². The van der Waals surface area contributed by atoms with Gasteiger partial charge in [0.15, 0.2) is 0 Å². The minimum Gasteiger partial charge on any atom is -0.507 e. The first-order valence-electron chi connectivity index (χ1n) is 6.61. The summed E-state index contributed by atoms with van der Waals surface area (Å²) in [6, 6.07) is 11.1. The summed E-state index contributed by atoms with van der Waals surface area (Å²) in [6.07, 6.45) is 0. The molecule has 2 rings (SSSR count). The van der Waals surface area contributed by atoms with Gasteiger partial charge < -0.3 is 10.4 Å². The van der Waals surface area contributed by atoms with E-state index in [2.05, 4.69) is 11.4 Å². The topological polar surface area (TPSA) is 49.3 Å². The van der Waals surface area contributed by atoms with E-state index < -0.39 is 0 Å². The minimum absolute atomic E-state index is 0.00808. The number of phenolic OH excluding ortho intramolecular Hbond substituents is 1. The van der Waals surface area contributed by atoms with Crippen molar-refractivity contribution in [3.05, 3.63) is 64.2 Å². The zero-order valence-electron chi connectivity index (χ0n) is 12.0. The third kappa shape index (κ3) is 3.18. The summed E-state index contributed by atoms with van der Waals surface area (Å²) in [4.78, 5) is 12.1. The summed E-state index contributed by atoms with van der Waals surface area (Å²) >= 11 is 0. The fourth-order valence-electron chi connectivity index (χ4n) is 2.15. The normalized spacial score (nSPS) is 10.3. The number of rotatable bonds is 3. The van der Waals surface area contributed by atoms with Crippen molar-refractivity contribution >= 4 is 5.91 Å². The van der Waals surface area contributed by atoms with Gasteiger partial charge in [-0.3, -0.25) is 4.79 Å². The van der Waals surface area contributed by atoms with Crippen LogP contribution in [-0.4, -0.2) is 11.0 Å². The zero-order valence-corrected chi connectivity index (χ0v) is 12.0. The van der Waals surface area contributed by atoms with Crippen molar-refractivity contribution in [2.75, 3.05) is 0 Å². The first-order valence-corrected chi connectivity index (χ1v) is 6.61. The molecule has 0 atom stereocenters. The van der Waals surface area contributed by atoms with Gasteiger partial charge in [0.25, 0.3) is 5.91 Å². The van der Waals surface area contributed by atoms with E-state index >= 15 is 0 Å². The van der Waals surface area contributed by atoms with E-state index in [1.165, 1.54) is 5.56 Å². The van der Waals surface area contributed by atoms with E-state index in [4.69, 9.17) is 0 Å². The molecule has 2 aromatic rings. The second-order valence-corrected chi connectivity index (χ2v) is 5.13. The van der Waals surface area contributed by atoms with Crippen molar-refractivity contribution in [2.45, 2.75) is 27.3 Å². The van der Waals surface area contributed by atoms with Gasteiger partial charge in [-0.05, 0) is 44.0 Å². The summed E-state index contributed by atoms with van der Waals surface area (Å²) in [7, 11) is 0. The first kappa shape index (κ1) is 14.1. The van der Waals surface area contributed by atoms with Crippen LogP contribution < -0.4 is 5.32 Å². The summed E-state index contributed by atoms with van der Waals surface area (Å²) in [5, 5.41) is 12.6. The fraction of sp³-hybridized carbons (Fsp3) is 0.235. The molecule has 0 saturated carbocycles. The summed E-state index contributed by atoms with van der Waals surface area (Å²) in [5.74, 6) is -0.250. The highest BCUT2D eigenvalue weighted by Gasteiger charge is 2.11. The molecule has 0 aliphatic heterocycles. The van der Waals surface area contributed by atoms with E-state index in [0.29, 0.717) is 12.1 Å². The molecule has 0 radical (unpaired) electrons. The maximum Gasteiger partial charge on any atom is 0.255 e. The van der Waals surface area contributed by atoms with Gasteiger partial charge in [-0.25, -0.2) is 0 Å². The van der Waals surface area contributed by atoms with Gasteiger partial charge in [-0.15, -0.1) is 0 Å². The maximum absolute atomic E-state index is 12.1. The lowest BCUT2D eigenvalue weighted by Crippen LogP contribution is -2.23. The van der Waals surface area contributed by atoms with Gasteiger partial charge in [-0.1, -0.05) is 35.4 Å². The molecule has 0 saturated heterocycles. The van der Waals surface area contributed by atoms with Gasteiger partial charge in [0, 0.05) is 6.54 Å². The number of benzene rings is 2. The molecule has 0 unspecified atom stereocenters. The van der Waals surface area contributed by atoms with Crippen molar-refractivity contribution in [1.29, 1.82) is 0 Å². The number of nitrogens with one attached hydrogen (secondary N) is 1. The standard InChI is InChI=1S/C17H19NO2/c1-11-4-6-14(13(3)8-11)10-18-17(20)15-9-12(2)5-7-16(15)19/h4-9,19H,10H2,1-3H3,(H,18,20). The Bertz CT molecular complexity index is 647. The maximum atomic E-state index is 12.1. The molecule has 0 aliphatic rings. The molecule has 0 fully saturated rings. The van der Waals surface area contributed by atoms with Crippen molar-refractivity contribution in [2.24, 2.45) is 0 Å². The lowest BCUT2D eigenvalue weighted by molar-refractivity contribution is 0.0948. The highest BCUT2D eigenvalue weighted by atomic mass is 16.3. The Balaban J connectivity index is 2.10. The van der Waals surface area contributed by atoms with Crippen LogP contribution in [0.5, 0.6) is 5.75 Å². The van der Waals surface area contributed by atoms with Crippen LogP contribution in [0.15, 0.2) is 36.4 Å². The molecule has 0 aromatic heterocycles. The molecule has 0 aliphatic carbocycles. The number of carbonyl (C=O) groups is 1. The monoisotopic (exact) mass is 269 g/mol. The van der Waals surface area contributed by atoms with Crippen molar-refractivity contribution < 1.29 is 9.90 Å². The summed E-state index contributed by atoms with van der Waals surface area (Å²) < 4.78 is 0. The molecule has 2 aromatic carbocycles. The van der Waals surface area contributed by atoms with Crippen LogP contribution >= 0.6 is 0 Å². The van der Waals surface area contributed by atoms with Crippen molar-refractivity contribution in [1.82, 2.24) is 5.32 Å². The lowest BCUT2D eigenvalue weighted by atomic mass is 10.1. The van der Waals surface area contributed by atoms with Crippen molar-refractivity contribution in [3.63, 3.8) is 0 Å². The largest absolute Gasteiger partial charge is 0.507 e. The average Bonchev–Trinajstić information content (AvgIpc) is 2.40. The molecule has 3 heteroatoms. The predicted molar refractivity (Wildman–Crippen MR) is 79.9 cm³/mol. The molecule has 0 spiro atoms. The van der Waals surface area contributed by atoms with E-state index in [9.17, 15) is 9.90 Å². The Morgan fingerprint density at radius 3 is 2.40 bits per heavy atom. The predicted octanol–water partition coefficient (Wildman–Crippen LogP) is 3.25. The molecule has 1 amide bonds. The number of carbonyl (C=O) groups excluding carboxylic acids is 1. The highest BCUT2D eigenvalue weighted by Crippen LogP contribution is 2.18. The molecular weight excluding hydrogens is 250 g/mol. The lowest BCUT2D eigenvalue weighted by Gasteiger charge is -2.10. The Morgan fingerprint density at radius 2 is 1.70 bits per heavy atom. The highest BCUT2D eigenvalue weighted by molar-refractivity contribution is 5.96. The fourth-order valence-corrected chi connectivity index (χ4v) is 2.15. The molecule has 0 bridgehead atoms. The minimum atomic E-state index is -0.258. The van der Waals surface area contributed by atoms with Crippen LogP contribution in [0.2, 0.25) is 0 Å². The molecule has 3 nitrogen and oxygen atoms in total. The van der Waals surface area contributed by atoms with Crippen LogP contribution in [-0.2, 0) is 6.54 Å². The van der Waals surface area contributed by atoms with Gasteiger partial charge in [0.05, 0.1) is 5.56 Å². The number of amides is 1. The van der Waals surface area contributed by atoms with E-state index in [1.807, 2.05) is 32.9 Å². The number of hydrogen-bond donors (Lipinski definition) is 2. The SMILES string of the molecule is Cc1ccc(CNC(=O)c2cc(C)ccc2O)c(C)c1. The smallest absolute Gasteiger partial charge is 0.255 e. The summed E-state index contributed by atoms with van der Waals surface area (Å²) in [5.41, 5.74) is 4.69. The Labute approximate surface area is 119 Å². The molecule has 0 heterocycles. The van der Waals surface area contributed by atoms with E-state index in [1.54, 1.807) is 18.2 Å². The number of aromatic hydroxyl groups is 1. The summed E-state index contributed by atoms with van der Waals surface area (Å²) in [6.45, 7) is 6.41. The second kappa shape index (κ2) is 5.78. The van der Waals surface area contributed by atoms with Crippen LogP contribution in [0.25, 0.3) is 0 Å². The third-order valence-electron chi connectivity index (χ3n) is 3.33. The Kier molecular flexibility index (Phi) is 4.08.